The number of aromatic nitrogens is 1. The van der Waals surface area contributed by atoms with Crippen LogP contribution in [0.15, 0.2) is 36.5 Å². The zero-order chi connectivity index (χ0) is 15.4. The van der Waals surface area contributed by atoms with Crippen LogP contribution in [0.3, 0.4) is 0 Å². The second-order valence-electron chi connectivity index (χ2n) is 4.56. The van der Waals surface area contributed by atoms with Gasteiger partial charge in [0.25, 0.3) is 5.91 Å². The Bertz CT molecular complexity index is 663. The van der Waals surface area contributed by atoms with Crippen LogP contribution in [0.1, 0.15) is 15.9 Å². The van der Waals surface area contributed by atoms with Crippen molar-refractivity contribution in [1.82, 2.24) is 9.88 Å². The lowest BCUT2D eigenvalue weighted by Gasteiger charge is -2.18. The molecule has 1 heterocycles. The maximum atomic E-state index is 13.6. The highest BCUT2D eigenvalue weighted by Gasteiger charge is 2.15. The lowest BCUT2D eigenvalue weighted by Crippen LogP contribution is -2.26. The van der Waals surface area contributed by atoms with E-state index in [1.807, 2.05) is 0 Å². The fourth-order valence-electron chi connectivity index (χ4n) is 1.91. The van der Waals surface area contributed by atoms with Crippen molar-refractivity contribution in [2.75, 3.05) is 19.4 Å². The molecule has 1 aromatic carbocycles. The van der Waals surface area contributed by atoms with E-state index in [0.717, 1.165) is 0 Å². The van der Waals surface area contributed by atoms with Gasteiger partial charge in [0.1, 0.15) is 11.6 Å². The minimum atomic E-state index is -0.334. The van der Waals surface area contributed by atoms with Gasteiger partial charge in [0.2, 0.25) is 0 Å². The molecule has 6 heteroatoms. The molecule has 2 rings (SSSR count). The van der Waals surface area contributed by atoms with Gasteiger partial charge in [-0.3, -0.25) is 4.79 Å². The molecule has 1 aromatic heterocycles. The van der Waals surface area contributed by atoms with Crippen molar-refractivity contribution in [3.05, 3.63) is 58.5 Å². The van der Waals surface area contributed by atoms with Gasteiger partial charge in [0.05, 0.1) is 10.6 Å². The Kier molecular flexibility index (Phi) is 4.75. The number of hydrogen-bond acceptors (Lipinski definition) is 3. The van der Waals surface area contributed by atoms with Crippen molar-refractivity contribution < 1.29 is 9.18 Å². The zero-order valence-electron chi connectivity index (χ0n) is 11.7. The lowest BCUT2D eigenvalue weighted by molar-refractivity contribution is 0.0783. The topological polar surface area (TPSA) is 45.2 Å². The Morgan fingerprint density at radius 1 is 1.43 bits per heavy atom. The first kappa shape index (κ1) is 15.3. The predicted octanol–water partition coefficient (Wildman–Crippen LogP) is 3.19. The minimum Gasteiger partial charge on any atom is -0.372 e. The standard InChI is InChI=1S/C15H15ClFN3O/c1-18-14-12(16)7-11(8-19-14)15(21)20(2)9-10-5-3-4-6-13(10)17/h3-8H,9H2,1-2H3,(H,18,19). The summed E-state index contributed by atoms with van der Waals surface area (Å²) in [5, 5.41) is 3.18. The van der Waals surface area contributed by atoms with Crippen LogP contribution in [-0.2, 0) is 6.54 Å². The van der Waals surface area contributed by atoms with Gasteiger partial charge in [-0.25, -0.2) is 9.37 Å². The van der Waals surface area contributed by atoms with Gasteiger partial charge in [0, 0.05) is 32.4 Å². The summed E-state index contributed by atoms with van der Waals surface area (Å²) >= 11 is 6.01. The number of pyridine rings is 1. The molecule has 0 spiro atoms. The Balaban J connectivity index is 2.16. The molecule has 0 saturated carbocycles. The number of benzene rings is 1. The summed E-state index contributed by atoms with van der Waals surface area (Å²) in [6.07, 6.45) is 1.44. The van der Waals surface area contributed by atoms with Crippen molar-refractivity contribution in [3.8, 4) is 0 Å². The maximum Gasteiger partial charge on any atom is 0.255 e. The van der Waals surface area contributed by atoms with Crippen LogP contribution in [-0.4, -0.2) is 29.9 Å². The average Bonchev–Trinajstić information content (AvgIpc) is 2.48. The third-order valence-electron chi connectivity index (χ3n) is 3.04. The highest BCUT2D eigenvalue weighted by molar-refractivity contribution is 6.33. The normalized spacial score (nSPS) is 10.3. The summed E-state index contributed by atoms with van der Waals surface area (Å²) in [5.74, 6) is -0.0980. The van der Waals surface area contributed by atoms with E-state index < -0.39 is 0 Å². The molecule has 2 aromatic rings. The summed E-state index contributed by atoms with van der Waals surface area (Å²) in [4.78, 5) is 17.8. The maximum absolute atomic E-state index is 13.6. The van der Waals surface area contributed by atoms with Crippen LogP contribution in [0, 0.1) is 5.82 Å². The quantitative estimate of drug-likeness (QED) is 0.943. The van der Waals surface area contributed by atoms with Crippen LogP contribution in [0.2, 0.25) is 5.02 Å². The summed E-state index contributed by atoms with van der Waals surface area (Å²) in [6.45, 7) is 0.177. The molecule has 0 radical (unpaired) electrons. The number of halogens is 2. The molecule has 0 saturated heterocycles. The second kappa shape index (κ2) is 6.54. The fraction of sp³-hybridized carbons (Fsp3) is 0.200. The summed E-state index contributed by atoms with van der Waals surface area (Å²) in [7, 11) is 3.30. The average molecular weight is 308 g/mol. The van der Waals surface area contributed by atoms with Gasteiger partial charge < -0.3 is 10.2 Å². The predicted molar refractivity (Wildman–Crippen MR) is 81.0 cm³/mol. The van der Waals surface area contributed by atoms with Gasteiger partial charge in [-0.15, -0.1) is 0 Å². The smallest absolute Gasteiger partial charge is 0.255 e. The fourth-order valence-corrected chi connectivity index (χ4v) is 2.17. The molecule has 0 aliphatic rings. The second-order valence-corrected chi connectivity index (χ2v) is 4.96. The van der Waals surface area contributed by atoms with Gasteiger partial charge in [-0.2, -0.15) is 0 Å². The molecule has 0 aliphatic heterocycles. The van der Waals surface area contributed by atoms with E-state index in [1.54, 1.807) is 38.4 Å². The van der Waals surface area contributed by atoms with Crippen LogP contribution >= 0.6 is 11.6 Å². The molecule has 0 atom stereocenters. The molecule has 1 N–H and O–H groups in total. The highest BCUT2D eigenvalue weighted by Crippen LogP contribution is 2.20. The lowest BCUT2D eigenvalue weighted by atomic mass is 10.2. The largest absolute Gasteiger partial charge is 0.372 e. The Labute approximate surface area is 127 Å². The molecule has 0 unspecified atom stereocenters. The van der Waals surface area contributed by atoms with Gasteiger partial charge >= 0.3 is 0 Å². The van der Waals surface area contributed by atoms with E-state index in [1.165, 1.54) is 17.2 Å². The minimum absolute atomic E-state index is 0.177. The zero-order valence-corrected chi connectivity index (χ0v) is 12.5. The molecule has 1 amide bonds. The highest BCUT2D eigenvalue weighted by atomic mass is 35.5. The van der Waals surface area contributed by atoms with Crippen LogP contribution < -0.4 is 5.32 Å². The van der Waals surface area contributed by atoms with Gasteiger partial charge in [-0.1, -0.05) is 29.8 Å². The van der Waals surface area contributed by atoms with Crippen LogP contribution in [0.4, 0.5) is 10.2 Å². The number of anilines is 1. The van der Waals surface area contributed by atoms with E-state index in [2.05, 4.69) is 10.3 Å². The first-order valence-electron chi connectivity index (χ1n) is 6.35. The molecular weight excluding hydrogens is 293 g/mol. The van der Waals surface area contributed by atoms with Crippen LogP contribution in [0.5, 0.6) is 0 Å². The number of carbonyl (C=O) groups excluding carboxylic acids is 1. The summed E-state index contributed by atoms with van der Waals surface area (Å²) in [5.41, 5.74) is 0.817. The molecule has 21 heavy (non-hydrogen) atoms. The number of carbonyl (C=O) groups is 1. The Morgan fingerprint density at radius 3 is 2.76 bits per heavy atom. The number of amides is 1. The van der Waals surface area contributed by atoms with Crippen LogP contribution in [0.25, 0.3) is 0 Å². The molecule has 0 bridgehead atoms. The van der Waals surface area contributed by atoms with Crippen molar-refractivity contribution >= 4 is 23.3 Å². The van der Waals surface area contributed by atoms with Crippen molar-refractivity contribution in [2.45, 2.75) is 6.54 Å². The molecule has 0 aliphatic carbocycles. The summed E-state index contributed by atoms with van der Waals surface area (Å²) in [6, 6.07) is 7.90. The Hall–Kier alpha value is -2.14. The van der Waals surface area contributed by atoms with Crippen molar-refractivity contribution in [2.24, 2.45) is 0 Å². The monoisotopic (exact) mass is 307 g/mol. The third-order valence-corrected chi connectivity index (χ3v) is 3.33. The SMILES string of the molecule is CNc1ncc(C(=O)N(C)Cc2ccccc2F)cc1Cl. The molecule has 110 valence electrons. The van der Waals surface area contributed by atoms with Crippen molar-refractivity contribution in [1.29, 1.82) is 0 Å². The molecular formula is C15H15ClFN3O. The van der Waals surface area contributed by atoms with E-state index in [4.69, 9.17) is 11.6 Å². The number of hydrogen-bond donors (Lipinski definition) is 1. The van der Waals surface area contributed by atoms with E-state index >= 15 is 0 Å². The number of nitrogens with zero attached hydrogens (tertiary/aromatic N) is 2. The summed E-state index contributed by atoms with van der Waals surface area (Å²) < 4.78 is 13.6. The van der Waals surface area contributed by atoms with E-state index in [-0.39, 0.29) is 18.3 Å². The molecule has 0 fully saturated rings. The first-order valence-corrected chi connectivity index (χ1v) is 6.73. The van der Waals surface area contributed by atoms with Gasteiger partial charge in [-0.05, 0) is 12.1 Å². The molecule has 4 nitrogen and oxygen atoms in total. The van der Waals surface area contributed by atoms with Crippen molar-refractivity contribution in [3.63, 3.8) is 0 Å². The van der Waals surface area contributed by atoms with E-state index in [0.29, 0.717) is 22.0 Å². The number of rotatable bonds is 4. The van der Waals surface area contributed by atoms with Gasteiger partial charge in [0.15, 0.2) is 0 Å². The number of nitrogens with one attached hydrogen (secondary N) is 1. The first-order chi connectivity index (χ1) is 10.0. The third kappa shape index (κ3) is 3.49. The Morgan fingerprint density at radius 2 is 2.14 bits per heavy atom. The van der Waals surface area contributed by atoms with E-state index in [9.17, 15) is 9.18 Å².